The third kappa shape index (κ3) is 3.11. The van der Waals surface area contributed by atoms with Gasteiger partial charge in [-0.1, -0.05) is 36.4 Å². The van der Waals surface area contributed by atoms with Gasteiger partial charge in [0.2, 0.25) is 5.60 Å². The van der Waals surface area contributed by atoms with Crippen molar-refractivity contribution in [1.82, 2.24) is 9.55 Å². The summed E-state index contributed by atoms with van der Waals surface area (Å²) in [5.41, 5.74) is -1.30. The second-order valence-corrected chi connectivity index (χ2v) is 6.31. The van der Waals surface area contributed by atoms with E-state index in [1.54, 1.807) is 42.6 Å². The van der Waals surface area contributed by atoms with Gasteiger partial charge in [0.05, 0.1) is 11.4 Å². The molecule has 1 atom stereocenters. The first-order valence-corrected chi connectivity index (χ1v) is 8.47. The molecule has 24 heavy (non-hydrogen) atoms. The van der Waals surface area contributed by atoms with Gasteiger partial charge in [-0.2, -0.15) is 0 Å². The van der Waals surface area contributed by atoms with Crippen molar-refractivity contribution in [1.29, 1.82) is 0 Å². The summed E-state index contributed by atoms with van der Waals surface area (Å²) < 4.78 is 7.27. The number of hydrogen-bond donors (Lipinski definition) is 1. The summed E-state index contributed by atoms with van der Waals surface area (Å²) in [5.74, 6) is 0.177. The molecule has 2 aromatic heterocycles. The molecule has 0 saturated carbocycles. The maximum atomic E-state index is 12.7. The van der Waals surface area contributed by atoms with Crippen molar-refractivity contribution < 1.29 is 14.6 Å². The molecule has 0 aliphatic rings. The Bertz CT molecular complexity index is 799. The van der Waals surface area contributed by atoms with Crippen LogP contribution in [0.1, 0.15) is 16.3 Å². The summed E-state index contributed by atoms with van der Waals surface area (Å²) in [6.45, 7) is 2.54. The molecule has 0 bridgehead atoms. The van der Waals surface area contributed by atoms with Gasteiger partial charge in [0.15, 0.2) is 0 Å². The molecular weight excluding hydrogens is 324 g/mol. The summed E-state index contributed by atoms with van der Waals surface area (Å²) in [7, 11) is 0. The van der Waals surface area contributed by atoms with Gasteiger partial charge in [0.1, 0.15) is 12.4 Å². The van der Waals surface area contributed by atoms with E-state index in [2.05, 4.69) is 4.98 Å². The SMILES string of the molecule is Cc1nccn1CCOC(=O)C(O)(c1ccccc1)c1cccs1. The van der Waals surface area contributed by atoms with Crippen LogP contribution >= 0.6 is 11.3 Å². The minimum absolute atomic E-state index is 0.163. The molecule has 0 spiro atoms. The molecule has 5 nitrogen and oxygen atoms in total. The van der Waals surface area contributed by atoms with E-state index in [0.717, 1.165) is 5.82 Å². The Hall–Kier alpha value is -2.44. The Morgan fingerprint density at radius 2 is 2.08 bits per heavy atom. The van der Waals surface area contributed by atoms with Crippen LogP contribution in [0.2, 0.25) is 0 Å². The number of ether oxygens (including phenoxy) is 1. The lowest BCUT2D eigenvalue weighted by molar-refractivity contribution is -0.162. The lowest BCUT2D eigenvalue weighted by atomic mass is 9.92. The molecular formula is C18H18N2O3S. The van der Waals surface area contributed by atoms with E-state index < -0.39 is 11.6 Å². The van der Waals surface area contributed by atoms with Gasteiger partial charge in [0.25, 0.3) is 0 Å². The zero-order valence-electron chi connectivity index (χ0n) is 13.3. The number of carbonyl (C=O) groups excluding carboxylic acids is 1. The number of carbonyl (C=O) groups is 1. The topological polar surface area (TPSA) is 64.4 Å². The van der Waals surface area contributed by atoms with E-state index in [9.17, 15) is 9.90 Å². The Labute approximate surface area is 144 Å². The first kappa shape index (κ1) is 16.4. The number of aromatic nitrogens is 2. The predicted molar refractivity (Wildman–Crippen MR) is 91.7 cm³/mol. The number of benzene rings is 1. The first-order valence-electron chi connectivity index (χ1n) is 7.59. The van der Waals surface area contributed by atoms with Gasteiger partial charge in [0, 0.05) is 18.0 Å². The van der Waals surface area contributed by atoms with Gasteiger partial charge < -0.3 is 14.4 Å². The highest BCUT2D eigenvalue weighted by molar-refractivity contribution is 7.10. The van der Waals surface area contributed by atoms with Crippen LogP contribution < -0.4 is 0 Å². The quantitative estimate of drug-likeness (QED) is 0.700. The van der Waals surface area contributed by atoms with Crippen molar-refractivity contribution in [2.45, 2.75) is 19.1 Å². The van der Waals surface area contributed by atoms with Crippen LogP contribution in [0.3, 0.4) is 0 Å². The average molecular weight is 342 g/mol. The highest BCUT2D eigenvalue weighted by Crippen LogP contribution is 2.34. The molecule has 0 amide bonds. The number of esters is 1. The molecule has 0 aliphatic carbocycles. The summed E-state index contributed by atoms with van der Waals surface area (Å²) in [5, 5.41) is 13.0. The van der Waals surface area contributed by atoms with Crippen LogP contribution in [-0.2, 0) is 21.7 Å². The van der Waals surface area contributed by atoms with Crippen LogP contribution in [0, 0.1) is 6.92 Å². The normalized spacial score (nSPS) is 13.4. The smallest absolute Gasteiger partial charge is 0.348 e. The van der Waals surface area contributed by atoms with Crippen molar-refractivity contribution in [3.8, 4) is 0 Å². The third-order valence-corrected chi connectivity index (χ3v) is 4.83. The van der Waals surface area contributed by atoms with Gasteiger partial charge in [-0.15, -0.1) is 11.3 Å². The van der Waals surface area contributed by atoms with E-state index >= 15 is 0 Å². The van der Waals surface area contributed by atoms with Crippen molar-refractivity contribution in [3.63, 3.8) is 0 Å². The summed E-state index contributed by atoms with van der Waals surface area (Å²) in [4.78, 5) is 17.4. The number of imidazole rings is 1. The van der Waals surface area contributed by atoms with Crippen LogP contribution in [0.15, 0.2) is 60.2 Å². The minimum Gasteiger partial charge on any atom is -0.461 e. The second-order valence-electron chi connectivity index (χ2n) is 5.36. The Morgan fingerprint density at radius 1 is 1.29 bits per heavy atom. The molecule has 6 heteroatoms. The van der Waals surface area contributed by atoms with Gasteiger partial charge in [-0.25, -0.2) is 9.78 Å². The zero-order valence-corrected chi connectivity index (χ0v) is 14.1. The molecule has 0 radical (unpaired) electrons. The summed E-state index contributed by atoms with van der Waals surface area (Å²) in [6.07, 6.45) is 3.52. The van der Waals surface area contributed by atoms with E-state index in [1.165, 1.54) is 11.3 Å². The van der Waals surface area contributed by atoms with E-state index in [-0.39, 0.29) is 6.61 Å². The monoisotopic (exact) mass is 342 g/mol. The number of aliphatic hydroxyl groups is 1. The van der Waals surface area contributed by atoms with Crippen molar-refractivity contribution >= 4 is 17.3 Å². The number of nitrogens with zero attached hydrogens (tertiary/aromatic N) is 2. The number of thiophene rings is 1. The van der Waals surface area contributed by atoms with Crippen LogP contribution in [0.4, 0.5) is 0 Å². The molecule has 3 rings (SSSR count). The van der Waals surface area contributed by atoms with Crippen molar-refractivity contribution in [2.75, 3.05) is 6.61 Å². The average Bonchev–Trinajstić information content (AvgIpc) is 3.27. The van der Waals surface area contributed by atoms with E-state index in [0.29, 0.717) is 17.0 Å². The molecule has 1 aromatic carbocycles. The number of rotatable bonds is 6. The van der Waals surface area contributed by atoms with Gasteiger partial charge in [-0.05, 0) is 18.4 Å². The molecule has 3 aromatic rings. The predicted octanol–water partition coefficient (Wildman–Crippen LogP) is 2.73. The fraction of sp³-hybridized carbons (Fsp3) is 0.222. The first-order chi connectivity index (χ1) is 11.6. The molecule has 0 fully saturated rings. The van der Waals surface area contributed by atoms with Crippen molar-refractivity contribution in [2.24, 2.45) is 0 Å². The molecule has 2 heterocycles. The summed E-state index contributed by atoms with van der Waals surface area (Å²) in [6, 6.07) is 12.4. The molecule has 0 saturated heterocycles. The lowest BCUT2D eigenvalue weighted by Crippen LogP contribution is -2.38. The Morgan fingerprint density at radius 3 is 2.71 bits per heavy atom. The minimum atomic E-state index is -1.79. The standard InChI is InChI=1S/C18H18N2O3S/c1-14-19-9-10-20(14)11-12-23-17(21)18(22,16-8-5-13-24-16)15-6-3-2-4-7-15/h2-10,13,22H,11-12H2,1H3. The van der Waals surface area contributed by atoms with Gasteiger partial charge >= 0.3 is 5.97 Å². The highest BCUT2D eigenvalue weighted by Gasteiger charge is 2.42. The van der Waals surface area contributed by atoms with Crippen LogP contribution in [-0.4, -0.2) is 27.2 Å². The number of hydrogen-bond acceptors (Lipinski definition) is 5. The zero-order chi connectivity index (χ0) is 17.0. The number of aryl methyl sites for hydroxylation is 1. The molecule has 124 valence electrons. The van der Waals surface area contributed by atoms with Crippen molar-refractivity contribution in [3.05, 3.63) is 76.5 Å². The van der Waals surface area contributed by atoms with E-state index in [4.69, 9.17) is 4.74 Å². The maximum absolute atomic E-state index is 12.7. The Kier molecular flexibility index (Phi) is 4.78. The summed E-state index contributed by atoms with van der Waals surface area (Å²) >= 11 is 1.32. The fourth-order valence-electron chi connectivity index (χ4n) is 2.51. The molecule has 1 unspecified atom stereocenters. The molecule has 1 N–H and O–H groups in total. The maximum Gasteiger partial charge on any atom is 0.348 e. The molecule has 0 aliphatic heterocycles. The Balaban J connectivity index is 1.79. The van der Waals surface area contributed by atoms with Crippen LogP contribution in [0.25, 0.3) is 0 Å². The van der Waals surface area contributed by atoms with Crippen LogP contribution in [0.5, 0.6) is 0 Å². The highest BCUT2D eigenvalue weighted by atomic mass is 32.1. The lowest BCUT2D eigenvalue weighted by Gasteiger charge is -2.25. The third-order valence-electron chi connectivity index (χ3n) is 3.85. The second kappa shape index (κ2) is 6.98. The van der Waals surface area contributed by atoms with E-state index in [1.807, 2.05) is 29.1 Å². The van der Waals surface area contributed by atoms with Gasteiger partial charge in [-0.3, -0.25) is 0 Å². The largest absolute Gasteiger partial charge is 0.461 e. The fourth-order valence-corrected chi connectivity index (χ4v) is 3.34.